The van der Waals surface area contributed by atoms with Crippen LogP contribution in [-0.2, 0) is 16.8 Å². The number of fused-ring (bicyclic) bond motifs is 1. The van der Waals surface area contributed by atoms with Crippen molar-refractivity contribution in [2.75, 3.05) is 41.0 Å². The molecule has 0 spiro atoms. The summed E-state index contributed by atoms with van der Waals surface area (Å²) in [6.45, 7) is 2.76. The number of halogens is 2. The maximum absolute atomic E-state index is 9.86. The second-order valence-electron chi connectivity index (χ2n) is 8.78. The Morgan fingerprint density at radius 2 is 1.65 bits per heavy atom. The molecular formula is C27H28Cl2N2O3. The monoisotopic (exact) mass is 498 g/mol. The van der Waals surface area contributed by atoms with Crippen LogP contribution in [0.2, 0.25) is 10.0 Å². The number of nitriles is 1. The highest BCUT2D eigenvalue weighted by atomic mass is 35.5. The molecule has 4 rings (SSSR count). The van der Waals surface area contributed by atoms with Crippen molar-refractivity contribution in [2.24, 2.45) is 0 Å². The van der Waals surface area contributed by atoms with E-state index in [1.807, 2.05) is 36.4 Å². The van der Waals surface area contributed by atoms with Gasteiger partial charge in [-0.15, -0.1) is 0 Å². The first-order chi connectivity index (χ1) is 16.4. The summed E-state index contributed by atoms with van der Waals surface area (Å²) in [7, 11) is 5.28. The molecule has 5 nitrogen and oxygen atoms in total. The molecule has 1 aliphatic heterocycles. The van der Waals surface area contributed by atoms with Gasteiger partial charge >= 0.3 is 0 Å². The Morgan fingerprint density at radius 1 is 0.971 bits per heavy atom. The molecule has 1 saturated heterocycles. The molecule has 3 aromatic carbocycles. The molecular weight excluding hydrogens is 471 g/mol. The van der Waals surface area contributed by atoms with Gasteiger partial charge in [0.1, 0.15) is 23.1 Å². The van der Waals surface area contributed by atoms with Gasteiger partial charge in [-0.2, -0.15) is 5.26 Å². The zero-order chi connectivity index (χ0) is 24.3. The lowest BCUT2D eigenvalue weighted by Crippen LogP contribution is -2.43. The average Bonchev–Trinajstić information content (AvgIpc) is 2.86. The zero-order valence-electron chi connectivity index (χ0n) is 19.7. The molecule has 0 N–H and O–H groups in total. The zero-order valence-corrected chi connectivity index (χ0v) is 21.2. The molecule has 1 aliphatic rings. The third kappa shape index (κ3) is 4.56. The number of ether oxygens (including phenoxy) is 3. The Labute approximate surface area is 210 Å². The van der Waals surface area contributed by atoms with Crippen molar-refractivity contribution in [3.8, 4) is 17.6 Å². The van der Waals surface area contributed by atoms with Gasteiger partial charge in [-0.25, -0.2) is 0 Å². The molecule has 3 aromatic rings. The molecule has 7 heteroatoms. The maximum atomic E-state index is 9.86. The van der Waals surface area contributed by atoms with Crippen LogP contribution < -0.4 is 9.47 Å². The summed E-state index contributed by atoms with van der Waals surface area (Å²) >= 11 is 12.6. The van der Waals surface area contributed by atoms with Gasteiger partial charge in [0.15, 0.2) is 0 Å². The van der Waals surface area contributed by atoms with Crippen molar-refractivity contribution >= 4 is 34.0 Å². The van der Waals surface area contributed by atoms with Crippen molar-refractivity contribution in [1.82, 2.24) is 4.90 Å². The lowest BCUT2D eigenvalue weighted by molar-refractivity contribution is 0.0404. The highest BCUT2D eigenvalue weighted by Gasteiger charge is 2.36. The Kier molecular flexibility index (Phi) is 7.54. The normalized spacial score (nSPS) is 15.8. The summed E-state index contributed by atoms with van der Waals surface area (Å²) in [6.07, 6.45) is 1.90. The van der Waals surface area contributed by atoms with Crippen LogP contribution in [0.4, 0.5) is 0 Å². The van der Waals surface area contributed by atoms with E-state index in [0.29, 0.717) is 40.3 Å². The minimum Gasteiger partial charge on any atom is -0.495 e. The number of nitrogens with zero attached hydrogens (tertiary/aromatic N) is 2. The number of piperidine rings is 1. The molecule has 0 unspecified atom stereocenters. The standard InChI is InChI=1S/C27H28Cl2N2O3/c1-31-12-10-27(11-13-31,18-8-9-23(28)24(29)14-18)17-34-16-22-19-6-4-5-7-20(19)25(32-2)21(15-30)26(22)33-3/h4-9,14H,10-13,16-17H2,1-3H3. The smallest absolute Gasteiger partial charge is 0.148 e. The second kappa shape index (κ2) is 10.4. The molecule has 0 saturated carbocycles. The Balaban J connectivity index is 1.69. The molecule has 0 radical (unpaired) electrons. The Bertz CT molecular complexity index is 1230. The predicted molar refractivity (Wildman–Crippen MR) is 136 cm³/mol. The number of benzene rings is 3. The van der Waals surface area contributed by atoms with Gasteiger partial charge in [-0.3, -0.25) is 0 Å². The van der Waals surface area contributed by atoms with Crippen LogP contribution in [0.5, 0.6) is 11.5 Å². The van der Waals surface area contributed by atoms with E-state index in [4.69, 9.17) is 37.4 Å². The largest absolute Gasteiger partial charge is 0.495 e. The van der Waals surface area contributed by atoms with Crippen LogP contribution in [-0.4, -0.2) is 45.9 Å². The number of likely N-dealkylation sites (tertiary alicyclic amines) is 1. The molecule has 1 heterocycles. The molecule has 0 atom stereocenters. The first kappa shape index (κ1) is 24.6. The predicted octanol–water partition coefficient (Wildman–Crippen LogP) is 6.22. The lowest BCUT2D eigenvalue weighted by Gasteiger charge is -2.41. The highest BCUT2D eigenvalue weighted by molar-refractivity contribution is 6.42. The Morgan fingerprint density at radius 3 is 2.26 bits per heavy atom. The van der Waals surface area contributed by atoms with Gasteiger partial charge in [0.05, 0.1) is 37.5 Å². The molecule has 178 valence electrons. The summed E-state index contributed by atoms with van der Waals surface area (Å²) in [5.74, 6) is 1.01. The van der Waals surface area contributed by atoms with Crippen molar-refractivity contribution in [1.29, 1.82) is 5.26 Å². The number of methoxy groups -OCH3 is 2. The lowest BCUT2D eigenvalue weighted by atomic mass is 9.73. The van der Waals surface area contributed by atoms with Crippen molar-refractivity contribution in [2.45, 2.75) is 24.9 Å². The first-order valence-electron chi connectivity index (χ1n) is 11.2. The summed E-state index contributed by atoms with van der Waals surface area (Å²) in [4.78, 5) is 2.33. The molecule has 34 heavy (non-hydrogen) atoms. The van der Waals surface area contributed by atoms with Crippen molar-refractivity contribution in [3.63, 3.8) is 0 Å². The van der Waals surface area contributed by atoms with Crippen LogP contribution in [0.1, 0.15) is 29.5 Å². The fourth-order valence-corrected chi connectivity index (χ4v) is 5.17. The van der Waals surface area contributed by atoms with Gasteiger partial charge in [-0.1, -0.05) is 53.5 Å². The van der Waals surface area contributed by atoms with Crippen LogP contribution in [0.3, 0.4) is 0 Å². The van der Waals surface area contributed by atoms with E-state index in [1.54, 1.807) is 14.2 Å². The van der Waals surface area contributed by atoms with Gasteiger partial charge in [0, 0.05) is 16.4 Å². The third-order valence-electron chi connectivity index (χ3n) is 6.85. The minimum absolute atomic E-state index is 0.172. The van der Waals surface area contributed by atoms with Gasteiger partial charge in [0.2, 0.25) is 0 Å². The fourth-order valence-electron chi connectivity index (χ4n) is 4.87. The van der Waals surface area contributed by atoms with Crippen molar-refractivity contribution < 1.29 is 14.2 Å². The maximum Gasteiger partial charge on any atom is 0.148 e. The van der Waals surface area contributed by atoms with Gasteiger partial charge in [0.25, 0.3) is 0 Å². The van der Waals surface area contributed by atoms with Gasteiger partial charge in [-0.05, 0) is 56.1 Å². The van der Waals surface area contributed by atoms with Crippen LogP contribution in [0.15, 0.2) is 42.5 Å². The first-order valence-corrected chi connectivity index (χ1v) is 12.0. The second-order valence-corrected chi connectivity index (χ2v) is 9.60. The number of hydrogen-bond donors (Lipinski definition) is 0. The molecule has 0 bridgehead atoms. The van der Waals surface area contributed by atoms with E-state index in [2.05, 4.69) is 24.1 Å². The molecule has 1 fully saturated rings. The summed E-state index contributed by atoms with van der Waals surface area (Å²) in [5, 5.41) is 12.8. The topological polar surface area (TPSA) is 54.7 Å². The minimum atomic E-state index is -0.172. The van der Waals surface area contributed by atoms with E-state index in [0.717, 1.165) is 47.8 Å². The van der Waals surface area contributed by atoms with E-state index < -0.39 is 0 Å². The summed E-state index contributed by atoms with van der Waals surface area (Å²) in [5.41, 5.74) is 2.18. The molecule has 0 amide bonds. The van der Waals surface area contributed by atoms with E-state index in [1.165, 1.54) is 0 Å². The number of rotatable bonds is 7. The fraction of sp³-hybridized carbons (Fsp3) is 0.370. The highest BCUT2D eigenvalue weighted by Crippen LogP contribution is 2.42. The van der Waals surface area contributed by atoms with Crippen LogP contribution >= 0.6 is 23.2 Å². The van der Waals surface area contributed by atoms with E-state index in [9.17, 15) is 5.26 Å². The quantitative estimate of drug-likeness (QED) is 0.387. The molecule has 0 aromatic heterocycles. The molecule has 0 aliphatic carbocycles. The summed E-state index contributed by atoms with van der Waals surface area (Å²) in [6, 6.07) is 16.0. The van der Waals surface area contributed by atoms with Gasteiger partial charge < -0.3 is 19.1 Å². The van der Waals surface area contributed by atoms with Crippen LogP contribution in [0, 0.1) is 11.3 Å². The third-order valence-corrected chi connectivity index (χ3v) is 7.58. The SMILES string of the molecule is COc1c(C#N)c(OC)c2ccccc2c1COCC1(c2ccc(Cl)c(Cl)c2)CCN(C)CC1. The van der Waals surface area contributed by atoms with Crippen molar-refractivity contribution in [3.05, 3.63) is 69.2 Å². The Hall–Kier alpha value is -2.49. The van der Waals surface area contributed by atoms with E-state index in [-0.39, 0.29) is 5.41 Å². The number of hydrogen-bond acceptors (Lipinski definition) is 5. The summed E-state index contributed by atoms with van der Waals surface area (Å²) < 4.78 is 17.7. The van der Waals surface area contributed by atoms with Crippen LogP contribution in [0.25, 0.3) is 10.8 Å². The average molecular weight is 499 g/mol. The van der Waals surface area contributed by atoms with E-state index >= 15 is 0 Å².